The predicted octanol–water partition coefficient (Wildman–Crippen LogP) is 1.82. The second-order valence-corrected chi connectivity index (χ2v) is 3.56. The van der Waals surface area contributed by atoms with Gasteiger partial charge in [0, 0.05) is 6.08 Å². The van der Waals surface area contributed by atoms with Gasteiger partial charge < -0.3 is 5.11 Å². The van der Waals surface area contributed by atoms with Gasteiger partial charge in [-0.25, -0.2) is 4.79 Å². The molecule has 0 amide bonds. The summed E-state index contributed by atoms with van der Waals surface area (Å²) in [5.74, 6) is 0.706. The summed E-state index contributed by atoms with van der Waals surface area (Å²) in [4.78, 5) is 10.3. The molecule has 0 aromatic rings. The van der Waals surface area contributed by atoms with Crippen LogP contribution < -0.4 is 0 Å². The Balaban J connectivity index is 2.05. The fourth-order valence-electron chi connectivity index (χ4n) is 2.39. The van der Waals surface area contributed by atoms with Crippen molar-refractivity contribution < 1.29 is 9.90 Å². The maximum Gasteiger partial charge on any atom is 0.328 e. The number of fused-ring (bicyclic) bond motifs is 1. The van der Waals surface area contributed by atoms with E-state index in [1.54, 1.807) is 0 Å². The Morgan fingerprint density at radius 2 is 2.36 bits per heavy atom. The van der Waals surface area contributed by atoms with Crippen LogP contribution in [-0.4, -0.2) is 11.1 Å². The molecule has 2 fully saturated rings. The minimum absolute atomic E-state index is 0.645. The number of carboxylic acid groups (broad SMARTS) is 1. The Labute approximate surface area is 65.9 Å². The van der Waals surface area contributed by atoms with Crippen LogP contribution in [0.5, 0.6) is 0 Å². The van der Waals surface area contributed by atoms with Gasteiger partial charge in [0.1, 0.15) is 0 Å². The van der Waals surface area contributed by atoms with Gasteiger partial charge in [-0.2, -0.15) is 0 Å². The number of rotatable bonds is 1. The first kappa shape index (κ1) is 6.89. The second kappa shape index (κ2) is 2.36. The molecule has 2 atom stereocenters. The molecule has 2 aliphatic carbocycles. The van der Waals surface area contributed by atoms with Crippen LogP contribution in [0.2, 0.25) is 0 Å². The summed E-state index contributed by atoms with van der Waals surface area (Å²) in [5, 5.41) is 8.49. The molecule has 2 nitrogen and oxygen atoms in total. The molecule has 11 heavy (non-hydrogen) atoms. The predicted molar refractivity (Wildman–Crippen MR) is 41.2 cm³/mol. The first-order valence-electron chi connectivity index (χ1n) is 4.21. The summed E-state index contributed by atoms with van der Waals surface area (Å²) in [5.41, 5.74) is 1.18. The molecule has 0 heterocycles. The summed E-state index contributed by atoms with van der Waals surface area (Å²) in [6, 6.07) is 0. The molecule has 1 N–H and O–H groups in total. The minimum Gasteiger partial charge on any atom is -0.478 e. The maximum atomic E-state index is 10.3. The molecular weight excluding hydrogens is 140 g/mol. The summed E-state index contributed by atoms with van der Waals surface area (Å²) in [6.07, 6.45) is 6.31. The number of hydrogen-bond donors (Lipinski definition) is 1. The van der Waals surface area contributed by atoms with Gasteiger partial charge in [-0.1, -0.05) is 12.0 Å². The van der Waals surface area contributed by atoms with Crippen LogP contribution in [0.15, 0.2) is 11.6 Å². The van der Waals surface area contributed by atoms with Gasteiger partial charge >= 0.3 is 5.97 Å². The molecule has 0 aromatic heterocycles. The lowest BCUT2D eigenvalue weighted by Gasteiger charge is -2.33. The Kier molecular flexibility index (Phi) is 1.48. The first-order chi connectivity index (χ1) is 5.27. The fourth-order valence-corrected chi connectivity index (χ4v) is 2.39. The zero-order valence-corrected chi connectivity index (χ0v) is 6.42. The highest BCUT2D eigenvalue weighted by Gasteiger charge is 2.39. The van der Waals surface area contributed by atoms with Crippen molar-refractivity contribution in [3.63, 3.8) is 0 Å². The van der Waals surface area contributed by atoms with E-state index >= 15 is 0 Å². The van der Waals surface area contributed by atoms with Crippen molar-refractivity contribution in [1.29, 1.82) is 0 Å². The molecule has 2 heteroatoms. The lowest BCUT2D eigenvalue weighted by Crippen LogP contribution is -2.24. The zero-order valence-electron chi connectivity index (χ0n) is 6.42. The number of carboxylic acids is 1. The third kappa shape index (κ3) is 1.06. The van der Waals surface area contributed by atoms with Crippen LogP contribution in [0.4, 0.5) is 0 Å². The number of aliphatic carboxylic acids is 1. The van der Waals surface area contributed by atoms with Crippen LogP contribution in [-0.2, 0) is 4.79 Å². The summed E-state index contributed by atoms with van der Waals surface area (Å²) >= 11 is 0. The normalized spacial score (nSPS) is 38.4. The third-order valence-electron chi connectivity index (χ3n) is 2.94. The standard InChI is InChI=1S/C9H12O2/c10-9(11)5-7-4-6-2-1-3-8(6)7/h5-6,8H,1-4H2,(H,10,11)/t6-,8+/m1/s1. The van der Waals surface area contributed by atoms with Crippen molar-refractivity contribution in [2.45, 2.75) is 25.7 Å². The van der Waals surface area contributed by atoms with Crippen molar-refractivity contribution in [2.24, 2.45) is 11.8 Å². The monoisotopic (exact) mass is 152 g/mol. The van der Waals surface area contributed by atoms with Crippen LogP contribution in [0.25, 0.3) is 0 Å². The van der Waals surface area contributed by atoms with E-state index in [1.165, 1.54) is 30.9 Å². The van der Waals surface area contributed by atoms with Crippen molar-refractivity contribution in [3.05, 3.63) is 11.6 Å². The van der Waals surface area contributed by atoms with Gasteiger partial charge in [-0.3, -0.25) is 0 Å². The average Bonchev–Trinajstić information content (AvgIpc) is 2.26. The van der Waals surface area contributed by atoms with Gasteiger partial charge in [0.2, 0.25) is 0 Å². The van der Waals surface area contributed by atoms with E-state index in [2.05, 4.69) is 0 Å². The molecule has 2 rings (SSSR count). The molecule has 0 spiro atoms. The summed E-state index contributed by atoms with van der Waals surface area (Å²) < 4.78 is 0. The van der Waals surface area contributed by atoms with Gasteiger partial charge in [-0.15, -0.1) is 0 Å². The van der Waals surface area contributed by atoms with Gasteiger partial charge in [0.05, 0.1) is 0 Å². The second-order valence-electron chi connectivity index (χ2n) is 3.56. The Morgan fingerprint density at radius 1 is 1.55 bits per heavy atom. The smallest absolute Gasteiger partial charge is 0.328 e. The highest BCUT2D eigenvalue weighted by Crippen LogP contribution is 2.50. The maximum absolute atomic E-state index is 10.3. The lowest BCUT2D eigenvalue weighted by atomic mass is 9.71. The Morgan fingerprint density at radius 3 is 3.00 bits per heavy atom. The highest BCUT2D eigenvalue weighted by molar-refractivity contribution is 5.81. The van der Waals surface area contributed by atoms with Crippen molar-refractivity contribution in [2.75, 3.05) is 0 Å². The van der Waals surface area contributed by atoms with Crippen molar-refractivity contribution >= 4 is 5.97 Å². The number of carbonyl (C=O) groups is 1. The average molecular weight is 152 g/mol. The molecule has 0 unspecified atom stereocenters. The third-order valence-corrected chi connectivity index (χ3v) is 2.94. The van der Waals surface area contributed by atoms with E-state index in [9.17, 15) is 4.79 Å². The van der Waals surface area contributed by atoms with Crippen LogP contribution >= 0.6 is 0 Å². The van der Waals surface area contributed by atoms with Gasteiger partial charge in [0.25, 0.3) is 0 Å². The lowest BCUT2D eigenvalue weighted by molar-refractivity contribution is -0.131. The molecule has 2 saturated carbocycles. The van der Waals surface area contributed by atoms with Gasteiger partial charge in [-0.05, 0) is 31.1 Å². The molecule has 0 saturated heterocycles. The summed E-state index contributed by atoms with van der Waals surface area (Å²) in [6.45, 7) is 0. The molecule has 0 radical (unpaired) electrons. The quantitative estimate of drug-likeness (QED) is 0.582. The largest absolute Gasteiger partial charge is 0.478 e. The molecule has 60 valence electrons. The highest BCUT2D eigenvalue weighted by atomic mass is 16.4. The van der Waals surface area contributed by atoms with E-state index in [-0.39, 0.29) is 0 Å². The van der Waals surface area contributed by atoms with E-state index in [4.69, 9.17) is 5.11 Å². The SMILES string of the molecule is O=C(O)C=C1C[C@H]2CCC[C@H]12. The zero-order chi connectivity index (χ0) is 7.84. The van der Waals surface area contributed by atoms with Crippen LogP contribution in [0, 0.1) is 11.8 Å². The van der Waals surface area contributed by atoms with E-state index in [1.807, 2.05) is 0 Å². The van der Waals surface area contributed by atoms with E-state index < -0.39 is 5.97 Å². The molecular formula is C9H12O2. The van der Waals surface area contributed by atoms with Crippen LogP contribution in [0.3, 0.4) is 0 Å². The number of hydrogen-bond acceptors (Lipinski definition) is 1. The van der Waals surface area contributed by atoms with Gasteiger partial charge in [0.15, 0.2) is 0 Å². The summed E-state index contributed by atoms with van der Waals surface area (Å²) in [7, 11) is 0. The fraction of sp³-hybridized carbons (Fsp3) is 0.667. The van der Waals surface area contributed by atoms with Crippen LogP contribution in [0.1, 0.15) is 25.7 Å². The Bertz CT molecular complexity index is 218. The molecule has 2 aliphatic rings. The van der Waals surface area contributed by atoms with Crippen molar-refractivity contribution in [1.82, 2.24) is 0 Å². The topological polar surface area (TPSA) is 37.3 Å². The Hall–Kier alpha value is -0.790. The first-order valence-corrected chi connectivity index (χ1v) is 4.21. The minimum atomic E-state index is -0.773. The molecule has 0 aromatic carbocycles. The van der Waals surface area contributed by atoms with E-state index in [0.29, 0.717) is 5.92 Å². The molecule has 0 bridgehead atoms. The van der Waals surface area contributed by atoms with E-state index in [0.717, 1.165) is 12.3 Å². The van der Waals surface area contributed by atoms with Crippen molar-refractivity contribution in [3.8, 4) is 0 Å². The number of allylic oxidation sites excluding steroid dienone is 1. The molecule has 0 aliphatic heterocycles.